The van der Waals surface area contributed by atoms with Crippen LogP contribution in [0.5, 0.6) is 0 Å². The largest absolute Gasteiger partial charge is 0.472 e. The van der Waals surface area contributed by atoms with E-state index in [0.717, 1.165) is 31.1 Å². The third-order valence-corrected chi connectivity index (χ3v) is 6.93. The fourth-order valence-electron chi connectivity index (χ4n) is 5.18. The lowest BCUT2D eigenvalue weighted by Gasteiger charge is -2.57. The van der Waals surface area contributed by atoms with Gasteiger partial charge in [-0.3, -0.25) is 4.79 Å². The second-order valence-electron chi connectivity index (χ2n) is 7.90. The van der Waals surface area contributed by atoms with E-state index in [1.54, 1.807) is 6.26 Å². The summed E-state index contributed by atoms with van der Waals surface area (Å²) in [6, 6.07) is 2.08. The van der Waals surface area contributed by atoms with Gasteiger partial charge in [0.1, 0.15) is 6.29 Å². The Labute approximate surface area is 134 Å². The molecule has 3 rings (SSSR count). The van der Waals surface area contributed by atoms with Crippen LogP contribution in [0.1, 0.15) is 58.4 Å². The second kappa shape index (κ2) is 5.72. The van der Waals surface area contributed by atoms with Gasteiger partial charge in [-0.15, -0.1) is 0 Å². The Morgan fingerprint density at radius 1 is 1.36 bits per heavy atom. The van der Waals surface area contributed by atoms with Crippen molar-refractivity contribution in [3.8, 4) is 0 Å². The molecule has 0 spiro atoms. The van der Waals surface area contributed by atoms with Crippen molar-refractivity contribution in [1.82, 2.24) is 0 Å². The van der Waals surface area contributed by atoms with Gasteiger partial charge in [-0.1, -0.05) is 26.8 Å². The Hall–Kier alpha value is -1.31. The molecule has 2 aliphatic rings. The topological polar surface area (TPSA) is 30.2 Å². The van der Waals surface area contributed by atoms with Gasteiger partial charge >= 0.3 is 0 Å². The van der Waals surface area contributed by atoms with Crippen LogP contribution < -0.4 is 0 Å². The molecule has 2 aliphatic carbocycles. The fourth-order valence-corrected chi connectivity index (χ4v) is 5.18. The van der Waals surface area contributed by atoms with Crippen LogP contribution in [0.25, 0.3) is 0 Å². The molecule has 1 aromatic rings. The summed E-state index contributed by atoms with van der Waals surface area (Å²) in [6.45, 7) is 7.21. The first kappa shape index (κ1) is 15.6. The lowest BCUT2D eigenvalue weighted by molar-refractivity contribution is -0.109. The van der Waals surface area contributed by atoms with Crippen molar-refractivity contribution in [2.45, 2.75) is 59.3 Å². The van der Waals surface area contributed by atoms with Gasteiger partial charge in [-0.05, 0) is 78.4 Å². The molecule has 0 bridgehead atoms. The van der Waals surface area contributed by atoms with Crippen LogP contribution in [0.15, 0.2) is 34.7 Å². The molecule has 1 fully saturated rings. The fraction of sp³-hybridized carbons (Fsp3) is 0.650. The minimum absolute atomic E-state index is 0.0810. The maximum atomic E-state index is 11.6. The number of fused-ring (bicyclic) bond motifs is 1. The van der Waals surface area contributed by atoms with Crippen LogP contribution in [-0.4, -0.2) is 6.29 Å². The molecule has 22 heavy (non-hydrogen) atoms. The van der Waals surface area contributed by atoms with Crippen molar-refractivity contribution in [1.29, 1.82) is 0 Å². The summed E-state index contributed by atoms with van der Waals surface area (Å²) in [7, 11) is 0. The molecule has 0 unspecified atom stereocenters. The number of rotatable bonds is 4. The van der Waals surface area contributed by atoms with E-state index in [2.05, 4.69) is 32.9 Å². The van der Waals surface area contributed by atoms with Gasteiger partial charge in [-0.25, -0.2) is 0 Å². The normalized spacial score (nSPS) is 38.2. The number of hydrogen-bond acceptors (Lipinski definition) is 2. The molecule has 1 saturated carbocycles. The lowest BCUT2D eigenvalue weighted by atomic mass is 9.47. The van der Waals surface area contributed by atoms with E-state index in [1.807, 2.05) is 6.26 Å². The summed E-state index contributed by atoms with van der Waals surface area (Å²) >= 11 is 0. The van der Waals surface area contributed by atoms with Gasteiger partial charge in [0, 0.05) is 0 Å². The number of aldehydes is 1. The Morgan fingerprint density at radius 2 is 2.18 bits per heavy atom. The summed E-state index contributed by atoms with van der Waals surface area (Å²) < 4.78 is 5.22. The molecule has 2 nitrogen and oxygen atoms in total. The highest BCUT2D eigenvalue weighted by atomic mass is 16.3. The van der Waals surface area contributed by atoms with Crippen molar-refractivity contribution in [3.05, 3.63) is 35.8 Å². The maximum Gasteiger partial charge on any atom is 0.146 e. The van der Waals surface area contributed by atoms with E-state index < -0.39 is 0 Å². The molecule has 1 aromatic heterocycles. The monoisotopic (exact) mass is 300 g/mol. The molecule has 0 radical (unpaired) electrons. The van der Waals surface area contributed by atoms with E-state index in [1.165, 1.54) is 24.8 Å². The minimum atomic E-state index is 0.0810. The smallest absolute Gasteiger partial charge is 0.146 e. The molecule has 0 aromatic carbocycles. The number of carbonyl (C=O) groups excluding carboxylic acids is 1. The summed E-state index contributed by atoms with van der Waals surface area (Å²) in [5.74, 6) is 1.32. The van der Waals surface area contributed by atoms with Crippen molar-refractivity contribution < 1.29 is 9.21 Å². The van der Waals surface area contributed by atoms with Gasteiger partial charge in [0.2, 0.25) is 0 Å². The predicted octanol–water partition coefficient (Wildman–Crippen LogP) is 5.19. The zero-order chi connectivity index (χ0) is 15.8. The molecule has 0 aliphatic heterocycles. The molecule has 120 valence electrons. The molecule has 0 saturated heterocycles. The van der Waals surface area contributed by atoms with Crippen molar-refractivity contribution >= 4 is 6.29 Å². The summed E-state index contributed by atoms with van der Waals surface area (Å²) in [5, 5.41) is 0. The summed E-state index contributed by atoms with van der Waals surface area (Å²) in [5.41, 5.74) is 2.73. The highest BCUT2D eigenvalue weighted by Crippen LogP contribution is 2.61. The van der Waals surface area contributed by atoms with Crippen LogP contribution in [-0.2, 0) is 11.2 Å². The van der Waals surface area contributed by atoms with Crippen LogP contribution >= 0.6 is 0 Å². The first-order chi connectivity index (χ1) is 10.5. The molecule has 4 atom stereocenters. The molecular formula is C20H28O2. The Morgan fingerprint density at radius 3 is 2.86 bits per heavy atom. The second-order valence-corrected chi connectivity index (χ2v) is 7.90. The maximum absolute atomic E-state index is 11.6. The molecule has 1 heterocycles. The van der Waals surface area contributed by atoms with Crippen molar-refractivity contribution in [3.63, 3.8) is 0 Å². The highest BCUT2D eigenvalue weighted by Gasteiger charge is 2.53. The first-order valence-corrected chi connectivity index (χ1v) is 8.67. The zero-order valence-electron chi connectivity index (χ0n) is 14.1. The lowest BCUT2D eigenvalue weighted by Crippen LogP contribution is -2.50. The van der Waals surface area contributed by atoms with Gasteiger partial charge < -0.3 is 4.42 Å². The summed E-state index contributed by atoms with van der Waals surface area (Å²) in [6.07, 6.45) is 13.9. The van der Waals surface area contributed by atoms with E-state index in [-0.39, 0.29) is 5.41 Å². The number of carbonyl (C=O) groups is 1. The number of allylic oxidation sites excluding steroid dienone is 2. The Kier molecular flexibility index (Phi) is 4.05. The molecule has 0 N–H and O–H groups in total. The van der Waals surface area contributed by atoms with E-state index in [4.69, 9.17) is 4.42 Å². The van der Waals surface area contributed by atoms with Crippen LogP contribution in [0.2, 0.25) is 0 Å². The third-order valence-electron chi connectivity index (χ3n) is 6.93. The molecular weight excluding hydrogens is 272 g/mol. The molecule has 2 heteroatoms. The predicted molar refractivity (Wildman–Crippen MR) is 88.5 cm³/mol. The number of furan rings is 1. The van der Waals surface area contributed by atoms with E-state index >= 15 is 0 Å². The summed E-state index contributed by atoms with van der Waals surface area (Å²) in [4.78, 5) is 11.6. The highest BCUT2D eigenvalue weighted by molar-refractivity contribution is 5.76. The Bertz CT molecular complexity index is 556. The average molecular weight is 300 g/mol. The molecule has 0 amide bonds. The minimum Gasteiger partial charge on any atom is -0.472 e. The quantitative estimate of drug-likeness (QED) is 0.716. The van der Waals surface area contributed by atoms with Crippen LogP contribution in [0.4, 0.5) is 0 Å². The van der Waals surface area contributed by atoms with E-state index in [9.17, 15) is 4.79 Å². The number of aryl methyl sites for hydroxylation is 1. The van der Waals surface area contributed by atoms with Gasteiger partial charge in [0.15, 0.2) is 0 Å². The standard InChI is InChI=1S/C20H28O2/c1-15-7-10-20(3)17(13-21)5-4-6-18(20)19(15,2)11-8-16-9-12-22-14-16/h5,9,12-15,18H,4,6-8,10-11H2,1-3H3/t15-,18-,19+,20-/m1/s1. The first-order valence-electron chi connectivity index (χ1n) is 8.67. The number of hydrogen-bond donors (Lipinski definition) is 0. The third kappa shape index (κ3) is 2.37. The van der Waals surface area contributed by atoms with Gasteiger partial charge in [0.05, 0.1) is 12.5 Å². The average Bonchev–Trinajstić information content (AvgIpc) is 3.03. The zero-order valence-corrected chi connectivity index (χ0v) is 14.1. The Balaban J connectivity index is 1.87. The SMILES string of the molecule is C[C@@H]1CC[C@]2(C)C(C=O)=CCC[C@@H]2[C@@]1(C)CCc1ccoc1. The van der Waals surface area contributed by atoms with Crippen LogP contribution in [0.3, 0.4) is 0 Å². The van der Waals surface area contributed by atoms with Gasteiger partial charge in [-0.2, -0.15) is 0 Å². The van der Waals surface area contributed by atoms with Crippen LogP contribution in [0, 0.1) is 22.7 Å². The van der Waals surface area contributed by atoms with E-state index in [0.29, 0.717) is 17.3 Å². The van der Waals surface area contributed by atoms with Crippen molar-refractivity contribution in [2.24, 2.45) is 22.7 Å². The van der Waals surface area contributed by atoms with Crippen molar-refractivity contribution in [2.75, 3.05) is 0 Å². The van der Waals surface area contributed by atoms with Gasteiger partial charge in [0.25, 0.3) is 0 Å².